The van der Waals surface area contributed by atoms with Crippen LogP contribution in [0.1, 0.15) is 38.3 Å². The number of aromatic nitrogens is 1. The Balaban J connectivity index is 2.70. The van der Waals surface area contributed by atoms with Crippen molar-refractivity contribution >= 4 is 10.9 Å². The van der Waals surface area contributed by atoms with Gasteiger partial charge in [-0.1, -0.05) is 6.92 Å². The van der Waals surface area contributed by atoms with E-state index in [1.807, 2.05) is 13.1 Å². The first-order valence-corrected chi connectivity index (χ1v) is 5.95. The van der Waals surface area contributed by atoms with Gasteiger partial charge in [0, 0.05) is 30.1 Å². The van der Waals surface area contributed by atoms with Crippen LogP contribution in [-0.2, 0) is 0 Å². The Labute approximate surface area is 101 Å². The van der Waals surface area contributed by atoms with Crippen LogP contribution in [0, 0.1) is 5.82 Å². The van der Waals surface area contributed by atoms with Gasteiger partial charge in [0.2, 0.25) is 0 Å². The molecule has 0 spiro atoms. The van der Waals surface area contributed by atoms with Crippen LogP contribution in [0.5, 0.6) is 0 Å². The van der Waals surface area contributed by atoms with Gasteiger partial charge in [-0.15, -0.1) is 0 Å². The molecule has 1 atom stereocenters. The lowest BCUT2D eigenvalue weighted by atomic mass is 10.0. The van der Waals surface area contributed by atoms with E-state index in [1.54, 1.807) is 12.1 Å². The summed E-state index contributed by atoms with van der Waals surface area (Å²) in [5, 5.41) is 10.3. The summed E-state index contributed by atoms with van der Waals surface area (Å²) in [6, 6.07) is 5.10. The van der Waals surface area contributed by atoms with Gasteiger partial charge >= 0.3 is 0 Å². The zero-order valence-electron chi connectivity index (χ0n) is 10.4. The van der Waals surface area contributed by atoms with E-state index in [9.17, 15) is 9.50 Å². The van der Waals surface area contributed by atoms with Crippen LogP contribution in [0.4, 0.5) is 4.39 Å². The second-order valence-electron chi connectivity index (χ2n) is 4.83. The van der Waals surface area contributed by atoms with Crippen LogP contribution in [-0.4, -0.2) is 16.3 Å². The van der Waals surface area contributed by atoms with E-state index in [0.29, 0.717) is 0 Å². The minimum atomic E-state index is -0.222. The number of aliphatic hydroxyl groups excluding tert-OH is 1. The number of hydrogen-bond donors (Lipinski definition) is 1. The molecule has 1 heterocycles. The van der Waals surface area contributed by atoms with Crippen molar-refractivity contribution in [1.29, 1.82) is 0 Å². The monoisotopic (exact) mass is 235 g/mol. The van der Waals surface area contributed by atoms with Crippen molar-refractivity contribution in [2.45, 2.75) is 32.7 Å². The summed E-state index contributed by atoms with van der Waals surface area (Å²) in [6.07, 6.45) is 2.02. The molecule has 17 heavy (non-hydrogen) atoms. The van der Waals surface area contributed by atoms with Gasteiger partial charge in [-0.2, -0.15) is 0 Å². The SMILES string of the molecule is CC(CO)c1cn(C(C)C)c2cc(F)ccc12. The number of benzene rings is 1. The molecule has 0 bridgehead atoms. The van der Waals surface area contributed by atoms with Gasteiger partial charge < -0.3 is 9.67 Å². The van der Waals surface area contributed by atoms with E-state index in [1.165, 1.54) is 6.07 Å². The maximum atomic E-state index is 13.3. The summed E-state index contributed by atoms with van der Waals surface area (Å²) in [5.41, 5.74) is 1.98. The molecule has 1 N–H and O–H groups in total. The van der Waals surface area contributed by atoms with E-state index in [2.05, 4.69) is 18.4 Å². The van der Waals surface area contributed by atoms with Gasteiger partial charge in [0.25, 0.3) is 0 Å². The van der Waals surface area contributed by atoms with Crippen LogP contribution in [0.3, 0.4) is 0 Å². The molecule has 1 unspecified atom stereocenters. The van der Waals surface area contributed by atoms with Gasteiger partial charge in [0.15, 0.2) is 0 Å². The molecule has 1 aromatic heterocycles. The molecular weight excluding hydrogens is 217 g/mol. The number of hydrogen-bond acceptors (Lipinski definition) is 1. The van der Waals surface area contributed by atoms with Crippen molar-refractivity contribution < 1.29 is 9.50 Å². The van der Waals surface area contributed by atoms with Crippen LogP contribution < -0.4 is 0 Å². The van der Waals surface area contributed by atoms with E-state index < -0.39 is 0 Å². The molecule has 0 radical (unpaired) electrons. The lowest BCUT2D eigenvalue weighted by Crippen LogP contribution is -2.00. The quantitative estimate of drug-likeness (QED) is 0.866. The predicted molar refractivity (Wildman–Crippen MR) is 67.8 cm³/mol. The molecule has 3 heteroatoms. The average Bonchev–Trinajstić information content (AvgIpc) is 2.66. The van der Waals surface area contributed by atoms with E-state index in [4.69, 9.17) is 0 Å². The first-order valence-electron chi connectivity index (χ1n) is 5.95. The fourth-order valence-electron chi connectivity index (χ4n) is 2.17. The zero-order chi connectivity index (χ0) is 12.6. The Morgan fingerprint density at radius 1 is 1.29 bits per heavy atom. The zero-order valence-corrected chi connectivity index (χ0v) is 10.4. The van der Waals surface area contributed by atoms with Crippen LogP contribution >= 0.6 is 0 Å². The summed E-state index contributed by atoms with van der Waals surface area (Å²) >= 11 is 0. The topological polar surface area (TPSA) is 25.2 Å². The molecule has 0 aliphatic heterocycles. The van der Waals surface area contributed by atoms with Gasteiger partial charge in [-0.05, 0) is 37.6 Å². The van der Waals surface area contributed by atoms with Crippen molar-refractivity contribution in [2.75, 3.05) is 6.61 Å². The molecular formula is C14H18FNO. The number of halogens is 1. The average molecular weight is 235 g/mol. The maximum absolute atomic E-state index is 13.3. The van der Waals surface area contributed by atoms with E-state index in [-0.39, 0.29) is 24.4 Å². The minimum Gasteiger partial charge on any atom is -0.396 e. The first-order chi connectivity index (χ1) is 8.04. The molecule has 0 aliphatic carbocycles. The number of fused-ring (bicyclic) bond motifs is 1. The number of nitrogens with zero attached hydrogens (tertiary/aromatic N) is 1. The highest BCUT2D eigenvalue weighted by Crippen LogP contribution is 2.30. The smallest absolute Gasteiger partial charge is 0.125 e. The Bertz CT molecular complexity index is 530. The first kappa shape index (κ1) is 12.1. The van der Waals surface area contributed by atoms with Crippen molar-refractivity contribution in [3.8, 4) is 0 Å². The number of rotatable bonds is 3. The van der Waals surface area contributed by atoms with E-state index in [0.717, 1.165) is 16.5 Å². The van der Waals surface area contributed by atoms with Gasteiger partial charge in [0.1, 0.15) is 5.82 Å². The van der Waals surface area contributed by atoms with Gasteiger partial charge in [-0.25, -0.2) is 4.39 Å². The highest BCUT2D eigenvalue weighted by molar-refractivity contribution is 5.84. The second-order valence-corrected chi connectivity index (χ2v) is 4.83. The Hall–Kier alpha value is -1.35. The fourth-order valence-corrected chi connectivity index (χ4v) is 2.17. The van der Waals surface area contributed by atoms with Gasteiger partial charge in [-0.3, -0.25) is 0 Å². The van der Waals surface area contributed by atoms with Crippen LogP contribution in [0.25, 0.3) is 10.9 Å². The lowest BCUT2D eigenvalue weighted by Gasteiger charge is -2.08. The molecule has 2 rings (SSSR count). The molecule has 2 nitrogen and oxygen atoms in total. The van der Waals surface area contributed by atoms with Crippen molar-refractivity contribution in [3.63, 3.8) is 0 Å². The molecule has 0 aliphatic rings. The highest BCUT2D eigenvalue weighted by Gasteiger charge is 2.15. The Morgan fingerprint density at radius 3 is 2.59 bits per heavy atom. The standard InChI is InChI=1S/C14H18FNO/c1-9(2)16-7-13(10(3)8-17)12-5-4-11(15)6-14(12)16/h4-7,9-10,17H,8H2,1-3H3. The third-order valence-electron chi connectivity index (χ3n) is 3.19. The maximum Gasteiger partial charge on any atom is 0.125 e. The second kappa shape index (κ2) is 4.49. The highest BCUT2D eigenvalue weighted by atomic mass is 19.1. The molecule has 0 fully saturated rings. The largest absolute Gasteiger partial charge is 0.396 e. The lowest BCUT2D eigenvalue weighted by molar-refractivity contribution is 0.273. The van der Waals surface area contributed by atoms with Crippen molar-refractivity contribution in [1.82, 2.24) is 4.57 Å². The third kappa shape index (κ3) is 2.07. The molecule has 2 aromatic rings. The van der Waals surface area contributed by atoms with E-state index >= 15 is 0 Å². The van der Waals surface area contributed by atoms with Crippen LogP contribution in [0.15, 0.2) is 24.4 Å². The summed E-state index contributed by atoms with van der Waals surface area (Å²) in [4.78, 5) is 0. The summed E-state index contributed by atoms with van der Waals surface area (Å²) in [5.74, 6) is -0.149. The molecule has 1 aromatic carbocycles. The number of aliphatic hydroxyl groups is 1. The molecule has 92 valence electrons. The summed E-state index contributed by atoms with van der Waals surface area (Å²) in [6.45, 7) is 6.22. The summed E-state index contributed by atoms with van der Waals surface area (Å²) < 4.78 is 15.4. The fraction of sp³-hybridized carbons (Fsp3) is 0.429. The normalized spacial score (nSPS) is 13.5. The third-order valence-corrected chi connectivity index (χ3v) is 3.19. The Kier molecular flexibility index (Phi) is 3.20. The van der Waals surface area contributed by atoms with Crippen molar-refractivity contribution in [2.24, 2.45) is 0 Å². The van der Waals surface area contributed by atoms with Crippen LogP contribution in [0.2, 0.25) is 0 Å². The van der Waals surface area contributed by atoms with Crippen molar-refractivity contribution in [3.05, 3.63) is 35.8 Å². The summed E-state index contributed by atoms with van der Waals surface area (Å²) in [7, 11) is 0. The molecule has 0 saturated heterocycles. The molecule has 0 amide bonds. The Morgan fingerprint density at radius 2 is 2.00 bits per heavy atom. The van der Waals surface area contributed by atoms with Gasteiger partial charge in [0.05, 0.1) is 5.52 Å². The predicted octanol–water partition coefficient (Wildman–Crippen LogP) is 3.46. The molecule has 0 saturated carbocycles. The minimum absolute atomic E-state index is 0.0722.